The van der Waals surface area contributed by atoms with E-state index in [1.807, 2.05) is 6.92 Å². The molecule has 5 heteroatoms. The van der Waals surface area contributed by atoms with Crippen molar-refractivity contribution in [2.24, 2.45) is 5.73 Å². The highest BCUT2D eigenvalue weighted by Gasteiger charge is 2.17. The number of carbonyl (C=O) groups is 1. The molecule has 1 aliphatic heterocycles. The Bertz CT molecular complexity index is 184. The first kappa shape index (κ1) is 14.7. The van der Waals surface area contributed by atoms with Crippen LogP contribution in [0.15, 0.2) is 0 Å². The van der Waals surface area contributed by atoms with E-state index >= 15 is 0 Å². The number of hydrogen-bond acceptors (Lipinski definition) is 3. The summed E-state index contributed by atoms with van der Waals surface area (Å²) in [6.45, 7) is 3.18. The predicted octanol–water partition coefficient (Wildman–Crippen LogP) is 0.831. The molecular weight excluding hydrogens is 216 g/mol. The second-order valence-electron chi connectivity index (χ2n) is 3.90. The molecule has 0 aromatic carbocycles. The van der Waals surface area contributed by atoms with Crippen LogP contribution < -0.4 is 11.1 Å². The molecule has 90 valence electrons. The van der Waals surface area contributed by atoms with Crippen molar-refractivity contribution in [2.75, 3.05) is 13.2 Å². The van der Waals surface area contributed by atoms with Gasteiger partial charge in [-0.15, -0.1) is 12.4 Å². The van der Waals surface area contributed by atoms with Crippen molar-refractivity contribution < 1.29 is 9.53 Å². The smallest absolute Gasteiger partial charge is 0.222 e. The van der Waals surface area contributed by atoms with Crippen molar-refractivity contribution in [1.29, 1.82) is 0 Å². The lowest BCUT2D eigenvalue weighted by atomic mass is 10.1. The maximum absolute atomic E-state index is 11.4. The zero-order valence-corrected chi connectivity index (χ0v) is 10.0. The van der Waals surface area contributed by atoms with Crippen LogP contribution in [0.2, 0.25) is 0 Å². The Morgan fingerprint density at radius 1 is 1.60 bits per heavy atom. The first-order valence-electron chi connectivity index (χ1n) is 5.33. The van der Waals surface area contributed by atoms with Crippen molar-refractivity contribution in [3.05, 3.63) is 0 Å². The molecular formula is C10H21ClN2O2. The van der Waals surface area contributed by atoms with Gasteiger partial charge in [0.25, 0.3) is 0 Å². The van der Waals surface area contributed by atoms with Crippen molar-refractivity contribution in [2.45, 2.75) is 44.8 Å². The number of halogens is 1. The average Bonchev–Trinajstić information content (AvgIpc) is 2.19. The van der Waals surface area contributed by atoms with Crippen LogP contribution in [0, 0.1) is 0 Å². The zero-order chi connectivity index (χ0) is 10.4. The number of amides is 1. The van der Waals surface area contributed by atoms with Crippen molar-refractivity contribution in [3.8, 4) is 0 Å². The van der Waals surface area contributed by atoms with Gasteiger partial charge in [-0.2, -0.15) is 0 Å². The summed E-state index contributed by atoms with van der Waals surface area (Å²) in [6, 6.07) is 0.0612. The monoisotopic (exact) mass is 236 g/mol. The molecule has 1 heterocycles. The lowest BCUT2D eigenvalue weighted by Crippen LogP contribution is -2.39. The molecule has 15 heavy (non-hydrogen) atoms. The molecule has 1 fully saturated rings. The topological polar surface area (TPSA) is 64.3 Å². The third-order valence-electron chi connectivity index (χ3n) is 2.45. The molecule has 1 unspecified atom stereocenters. The molecule has 0 spiro atoms. The van der Waals surface area contributed by atoms with E-state index in [1.54, 1.807) is 0 Å². The third kappa shape index (κ3) is 5.97. The van der Waals surface area contributed by atoms with Crippen LogP contribution in [0.4, 0.5) is 0 Å². The van der Waals surface area contributed by atoms with Gasteiger partial charge in [-0.05, 0) is 26.2 Å². The highest BCUT2D eigenvalue weighted by Crippen LogP contribution is 2.15. The van der Waals surface area contributed by atoms with Crippen molar-refractivity contribution in [1.82, 2.24) is 5.32 Å². The van der Waals surface area contributed by atoms with Gasteiger partial charge in [-0.1, -0.05) is 0 Å². The predicted molar refractivity (Wildman–Crippen MR) is 62.1 cm³/mol. The minimum Gasteiger partial charge on any atom is -0.378 e. The Labute approximate surface area is 97.3 Å². The summed E-state index contributed by atoms with van der Waals surface area (Å²) < 4.78 is 5.47. The fourth-order valence-electron chi connectivity index (χ4n) is 1.57. The van der Waals surface area contributed by atoms with Crippen LogP contribution in [0.5, 0.6) is 0 Å². The van der Waals surface area contributed by atoms with Gasteiger partial charge in [0.05, 0.1) is 12.5 Å². The number of rotatable bonds is 4. The number of ether oxygens (including phenoxy) is 1. The molecule has 4 nitrogen and oxygen atoms in total. The SMILES string of the molecule is C[C@H](CN)NC(=O)CC1CCCCO1.Cl. The van der Waals surface area contributed by atoms with E-state index in [2.05, 4.69) is 5.32 Å². The first-order chi connectivity index (χ1) is 6.72. The Morgan fingerprint density at radius 2 is 2.33 bits per heavy atom. The van der Waals surface area contributed by atoms with Gasteiger partial charge in [0.15, 0.2) is 0 Å². The maximum Gasteiger partial charge on any atom is 0.222 e. The van der Waals surface area contributed by atoms with Gasteiger partial charge in [0.1, 0.15) is 0 Å². The highest BCUT2D eigenvalue weighted by molar-refractivity contribution is 5.85. The summed E-state index contributed by atoms with van der Waals surface area (Å²) in [7, 11) is 0. The molecule has 0 radical (unpaired) electrons. The lowest BCUT2D eigenvalue weighted by Gasteiger charge is -2.22. The van der Waals surface area contributed by atoms with Crippen LogP contribution in [-0.4, -0.2) is 31.2 Å². The molecule has 1 aliphatic rings. The fraction of sp³-hybridized carbons (Fsp3) is 0.900. The normalized spacial score (nSPS) is 22.7. The lowest BCUT2D eigenvalue weighted by molar-refractivity contribution is -0.125. The van der Waals surface area contributed by atoms with Gasteiger partial charge in [-0.3, -0.25) is 4.79 Å². The molecule has 0 aliphatic carbocycles. The van der Waals surface area contributed by atoms with Crippen molar-refractivity contribution in [3.63, 3.8) is 0 Å². The van der Waals surface area contributed by atoms with Gasteiger partial charge < -0.3 is 15.8 Å². The van der Waals surface area contributed by atoms with Crippen LogP contribution in [0.3, 0.4) is 0 Å². The molecule has 1 rings (SSSR count). The standard InChI is InChI=1S/C10H20N2O2.ClH/c1-8(7-11)12-10(13)6-9-4-2-3-5-14-9;/h8-9H,2-7,11H2,1H3,(H,12,13);1H/t8-,9?;/m1./s1. The number of nitrogens with two attached hydrogens (primary N) is 1. The van der Waals surface area contributed by atoms with Crippen LogP contribution in [-0.2, 0) is 9.53 Å². The van der Waals surface area contributed by atoms with E-state index in [0.29, 0.717) is 13.0 Å². The Hall–Kier alpha value is -0.320. The van der Waals surface area contributed by atoms with Gasteiger partial charge in [-0.25, -0.2) is 0 Å². The molecule has 0 saturated carbocycles. The van der Waals surface area contributed by atoms with Crippen LogP contribution >= 0.6 is 12.4 Å². The third-order valence-corrected chi connectivity index (χ3v) is 2.45. The molecule has 0 aromatic heterocycles. The van der Waals surface area contributed by atoms with E-state index < -0.39 is 0 Å². The Balaban J connectivity index is 0.00000196. The molecule has 0 bridgehead atoms. The summed E-state index contributed by atoms with van der Waals surface area (Å²) in [5.41, 5.74) is 5.41. The van der Waals surface area contributed by atoms with E-state index in [-0.39, 0.29) is 30.5 Å². The summed E-state index contributed by atoms with van der Waals surface area (Å²) in [5, 5.41) is 2.83. The first-order valence-corrected chi connectivity index (χ1v) is 5.33. The quantitative estimate of drug-likeness (QED) is 0.760. The largest absolute Gasteiger partial charge is 0.378 e. The molecule has 0 aromatic rings. The fourth-order valence-corrected chi connectivity index (χ4v) is 1.57. The average molecular weight is 237 g/mol. The summed E-state index contributed by atoms with van der Waals surface area (Å²) in [5.74, 6) is 0.0508. The molecule has 2 atom stereocenters. The maximum atomic E-state index is 11.4. The van der Waals surface area contributed by atoms with E-state index in [9.17, 15) is 4.79 Å². The molecule has 1 saturated heterocycles. The summed E-state index contributed by atoms with van der Waals surface area (Å²) in [6.07, 6.45) is 3.89. The molecule has 3 N–H and O–H groups in total. The summed E-state index contributed by atoms with van der Waals surface area (Å²) >= 11 is 0. The Kier molecular flexibility index (Phi) is 7.74. The van der Waals surface area contributed by atoms with E-state index in [0.717, 1.165) is 19.4 Å². The van der Waals surface area contributed by atoms with Crippen molar-refractivity contribution >= 4 is 18.3 Å². The van der Waals surface area contributed by atoms with Crippen LogP contribution in [0.25, 0.3) is 0 Å². The van der Waals surface area contributed by atoms with E-state index in [1.165, 1.54) is 6.42 Å². The minimum absolute atomic E-state index is 0. The Morgan fingerprint density at radius 3 is 2.87 bits per heavy atom. The highest BCUT2D eigenvalue weighted by atomic mass is 35.5. The zero-order valence-electron chi connectivity index (χ0n) is 9.20. The molecule has 1 amide bonds. The number of carbonyl (C=O) groups excluding carboxylic acids is 1. The van der Waals surface area contributed by atoms with Gasteiger partial charge in [0, 0.05) is 19.2 Å². The number of hydrogen-bond donors (Lipinski definition) is 2. The number of nitrogens with one attached hydrogen (secondary N) is 1. The second kappa shape index (κ2) is 7.91. The second-order valence-corrected chi connectivity index (χ2v) is 3.90. The summed E-state index contributed by atoms with van der Waals surface area (Å²) in [4.78, 5) is 11.4. The van der Waals surface area contributed by atoms with Crippen LogP contribution in [0.1, 0.15) is 32.6 Å². The van der Waals surface area contributed by atoms with Gasteiger partial charge in [0.2, 0.25) is 5.91 Å². The van der Waals surface area contributed by atoms with Gasteiger partial charge >= 0.3 is 0 Å². The van der Waals surface area contributed by atoms with E-state index in [4.69, 9.17) is 10.5 Å². The minimum atomic E-state index is 0.